The van der Waals surface area contributed by atoms with E-state index in [9.17, 15) is 8.78 Å². The number of ether oxygens (including phenoxy) is 2. The molecule has 3 aromatic rings. The maximum atomic E-state index is 13.2. The molecule has 0 amide bonds. The SMILES string of the molecule is COc1cc(N2C[C@H]3CC[C@@H](C2)C3Nc2nc(Oc3cccc(Cl)c3)n(CC(F)F)n2)cnn1. The van der Waals surface area contributed by atoms with Crippen LogP contribution in [0.15, 0.2) is 36.5 Å². The average Bonchev–Trinajstić information content (AvgIpc) is 3.27. The summed E-state index contributed by atoms with van der Waals surface area (Å²) in [5.41, 5.74) is 0.971. The number of rotatable bonds is 8. The first-order valence-corrected chi connectivity index (χ1v) is 11.4. The van der Waals surface area contributed by atoms with Gasteiger partial charge in [0.25, 0.3) is 6.43 Å². The highest BCUT2D eigenvalue weighted by atomic mass is 35.5. The molecule has 1 N–H and O–H groups in total. The van der Waals surface area contributed by atoms with Crippen molar-refractivity contribution in [1.29, 1.82) is 0 Å². The van der Waals surface area contributed by atoms with Crippen LogP contribution in [0.1, 0.15) is 12.8 Å². The normalized spacial score (nSPS) is 21.7. The van der Waals surface area contributed by atoms with Crippen molar-refractivity contribution in [2.24, 2.45) is 11.8 Å². The van der Waals surface area contributed by atoms with Gasteiger partial charge in [0.15, 0.2) is 0 Å². The molecule has 3 atom stereocenters. The van der Waals surface area contributed by atoms with Crippen LogP contribution >= 0.6 is 11.6 Å². The van der Waals surface area contributed by atoms with Gasteiger partial charge in [-0.2, -0.15) is 10.1 Å². The number of halogens is 3. The van der Waals surface area contributed by atoms with Crippen molar-refractivity contribution in [1.82, 2.24) is 25.0 Å². The van der Waals surface area contributed by atoms with Crippen LogP contribution in [0.3, 0.4) is 0 Å². The van der Waals surface area contributed by atoms with Crippen LogP contribution in [-0.2, 0) is 6.54 Å². The van der Waals surface area contributed by atoms with Gasteiger partial charge in [-0.15, -0.1) is 10.2 Å². The van der Waals surface area contributed by atoms with Crippen molar-refractivity contribution in [2.75, 3.05) is 30.4 Å². The van der Waals surface area contributed by atoms with Gasteiger partial charge in [0.05, 0.1) is 19.0 Å². The molecule has 1 aliphatic carbocycles. The molecule has 9 nitrogen and oxygen atoms in total. The van der Waals surface area contributed by atoms with Crippen molar-refractivity contribution in [3.05, 3.63) is 41.6 Å². The summed E-state index contributed by atoms with van der Waals surface area (Å²) in [6.45, 7) is 1.03. The summed E-state index contributed by atoms with van der Waals surface area (Å²) < 4.78 is 38.3. The fourth-order valence-corrected chi connectivity index (χ4v) is 4.96. The van der Waals surface area contributed by atoms with E-state index in [1.54, 1.807) is 37.6 Å². The summed E-state index contributed by atoms with van der Waals surface area (Å²) in [4.78, 5) is 6.66. The number of fused-ring (bicyclic) bond motifs is 2. The number of methoxy groups -OCH3 is 1. The van der Waals surface area contributed by atoms with Gasteiger partial charge in [-0.3, -0.25) is 0 Å². The van der Waals surface area contributed by atoms with Crippen LogP contribution in [0.2, 0.25) is 5.02 Å². The van der Waals surface area contributed by atoms with Crippen molar-refractivity contribution in [3.63, 3.8) is 0 Å². The predicted octanol–water partition coefficient (Wildman–Crippen LogP) is 4.11. The van der Waals surface area contributed by atoms with Crippen LogP contribution in [0, 0.1) is 11.8 Å². The number of aromatic nitrogens is 5. The standard InChI is InChI=1S/C22H24ClF2N7O2/c1-33-19-8-16(9-26-29-19)31-10-13-5-6-14(11-31)20(13)27-21-28-22(32(30-21)12-18(24)25)34-17-4-2-3-15(23)7-17/h2-4,7-9,13-14,18,20H,5-6,10-12H2,1H3,(H,27,30)/t13-,14+,20?. The lowest BCUT2D eigenvalue weighted by Gasteiger charge is -2.39. The first kappa shape index (κ1) is 22.6. The Morgan fingerprint density at radius 3 is 2.71 bits per heavy atom. The van der Waals surface area contributed by atoms with E-state index in [1.807, 2.05) is 6.07 Å². The summed E-state index contributed by atoms with van der Waals surface area (Å²) in [6.07, 6.45) is 1.25. The Kier molecular flexibility index (Phi) is 6.36. The van der Waals surface area contributed by atoms with E-state index in [0.717, 1.165) is 36.3 Å². The van der Waals surface area contributed by atoms with Crippen LogP contribution in [0.5, 0.6) is 17.6 Å². The van der Waals surface area contributed by atoms with Crippen molar-refractivity contribution >= 4 is 23.2 Å². The molecular weight excluding hydrogens is 468 g/mol. The zero-order chi connectivity index (χ0) is 23.7. The third-order valence-corrected chi connectivity index (χ3v) is 6.51. The topological polar surface area (TPSA) is 90.2 Å². The van der Waals surface area contributed by atoms with Gasteiger partial charge in [-0.05, 0) is 42.9 Å². The van der Waals surface area contributed by atoms with E-state index in [0.29, 0.717) is 28.5 Å². The molecule has 2 bridgehead atoms. The van der Waals surface area contributed by atoms with E-state index < -0.39 is 13.0 Å². The van der Waals surface area contributed by atoms with Crippen molar-refractivity contribution in [2.45, 2.75) is 31.9 Å². The zero-order valence-corrected chi connectivity index (χ0v) is 19.2. The van der Waals surface area contributed by atoms with E-state index in [1.165, 1.54) is 0 Å². The van der Waals surface area contributed by atoms with Gasteiger partial charge in [-0.1, -0.05) is 17.7 Å². The van der Waals surface area contributed by atoms with Gasteiger partial charge in [0.1, 0.15) is 12.3 Å². The van der Waals surface area contributed by atoms with Crippen molar-refractivity contribution < 1.29 is 18.3 Å². The molecular formula is C22H24ClF2N7O2. The summed E-state index contributed by atoms with van der Waals surface area (Å²) in [7, 11) is 1.57. The molecule has 12 heteroatoms. The Balaban J connectivity index is 1.32. The first-order chi connectivity index (χ1) is 16.5. The molecule has 0 radical (unpaired) electrons. The monoisotopic (exact) mass is 491 g/mol. The summed E-state index contributed by atoms with van der Waals surface area (Å²) in [5.74, 6) is 1.85. The Morgan fingerprint density at radius 1 is 1.21 bits per heavy atom. The zero-order valence-electron chi connectivity index (χ0n) is 18.4. The Hall–Kier alpha value is -3.21. The quantitative estimate of drug-likeness (QED) is 0.503. The second kappa shape index (κ2) is 9.57. The summed E-state index contributed by atoms with van der Waals surface area (Å²) in [5, 5.41) is 16.1. The molecule has 5 rings (SSSR count). The van der Waals surface area contributed by atoms with E-state index in [-0.39, 0.29) is 18.0 Å². The Morgan fingerprint density at radius 2 is 2.00 bits per heavy atom. The minimum atomic E-state index is -2.60. The van der Waals surface area contributed by atoms with Gasteiger partial charge in [-0.25, -0.2) is 13.5 Å². The van der Waals surface area contributed by atoms with Gasteiger partial charge in [0, 0.05) is 30.2 Å². The molecule has 1 aliphatic heterocycles. The van der Waals surface area contributed by atoms with Gasteiger partial charge >= 0.3 is 6.01 Å². The number of nitrogens with zero attached hydrogens (tertiary/aromatic N) is 6. The van der Waals surface area contributed by atoms with Gasteiger partial charge < -0.3 is 19.7 Å². The minimum absolute atomic E-state index is 0.00944. The number of anilines is 2. The molecule has 34 heavy (non-hydrogen) atoms. The first-order valence-electron chi connectivity index (χ1n) is 11.0. The molecule has 2 fully saturated rings. The Bertz CT molecular complexity index is 1130. The molecule has 0 spiro atoms. The molecule has 1 saturated carbocycles. The molecule has 1 unspecified atom stereocenters. The number of alkyl halides is 2. The number of benzene rings is 1. The molecule has 2 aromatic heterocycles. The van der Waals surface area contributed by atoms with Gasteiger partial charge in [0.2, 0.25) is 11.8 Å². The highest BCUT2D eigenvalue weighted by Gasteiger charge is 2.43. The fraction of sp³-hybridized carbons (Fsp3) is 0.455. The van der Waals surface area contributed by atoms with E-state index in [4.69, 9.17) is 21.1 Å². The minimum Gasteiger partial charge on any atom is -0.480 e. The number of nitrogens with one attached hydrogen (secondary N) is 1. The lowest BCUT2D eigenvalue weighted by molar-refractivity contribution is 0.118. The van der Waals surface area contributed by atoms with Crippen molar-refractivity contribution in [3.8, 4) is 17.6 Å². The lowest BCUT2D eigenvalue weighted by atomic mass is 9.92. The third-order valence-electron chi connectivity index (χ3n) is 6.28. The number of hydrogen-bond donors (Lipinski definition) is 1. The maximum Gasteiger partial charge on any atom is 0.322 e. The summed E-state index contributed by atoms with van der Waals surface area (Å²) >= 11 is 6.01. The van der Waals surface area contributed by atoms with E-state index in [2.05, 4.69) is 30.5 Å². The van der Waals surface area contributed by atoms with Crippen LogP contribution < -0.4 is 19.7 Å². The Labute approximate surface area is 200 Å². The highest BCUT2D eigenvalue weighted by Crippen LogP contribution is 2.40. The molecule has 180 valence electrons. The number of hydrogen-bond acceptors (Lipinski definition) is 8. The smallest absolute Gasteiger partial charge is 0.322 e. The lowest BCUT2D eigenvalue weighted by Crippen LogP contribution is -2.48. The second-order valence-electron chi connectivity index (χ2n) is 8.48. The second-order valence-corrected chi connectivity index (χ2v) is 8.92. The molecule has 2 aliphatic rings. The molecule has 1 aromatic carbocycles. The maximum absolute atomic E-state index is 13.2. The predicted molar refractivity (Wildman–Crippen MR) is 122 cm³/mol. The molecule has 1 saturated heterocycles. The highest BCUT2D eigenvalue weighted by molar-refractivity contribution is 6.30. The van der Waals surface area contributed by atoms with E-state index >= 15 is 0 Å². The summed E-state index contributed by atoms with van der Waals surface area (Å²) in [6, 6.07) is 8.69. The third kappa shape index (κ3) is 4.84. The van der Waals surface area contributed by atoms with Crippen LogP contribution in [0.4, 0.5) is 20.4 Å². The molecule has 3 heterocycles. The van der Waals surface area contributed by atoms with Crippen LogP contribution in [0.25, 0.3) is 0 Å². The fourth-order valence-electron chi connectivity index (χ4n) is 4.78. The van der Waals surface area contributed by atoms with Crippen LogP contribution in [-0.4, -0.2) is 57.6 Å². The number of piperidine rings is 1. The average molecular weight is 492 g/mol. The largest absolute Gasteiger partial charge is 0.480 e.